The van der Waals surface area contributed by atoms with E-state index < -0.39 is 10.0 Å². The number of hydrogen-bond donors (Lipinski definition) is 1. The summed E-state index contributed by atoms with van der Waals surface area (Å²) in [4.78, 5) is 19.5. The van der Waals surface area contributed by atoms with Gasteiger partial charge in [-0.15, -0.1) is 11.3 Å². The summed E-state index contributed by atoms with van der Waals surface area (Å²) in [6.45, 7) is 2.98. The van der Waals surface area contributed by atoms with Crippen LogP contribution in [0.2, 0.25) is 0 Å². The lowest BCUT2D eigenvalue weighted by molar-refractivity contribution is -0.132. The number of carbonyl (C=O) groups excluding carboxylic acids is 1. The number of aromatic nitrogens is 1. The number of hydrogen-bond acceptors (Lipinski definition) is 5. The first kappa shape index (κ1) is 18.6. The second kappa shape index (κ2) is 8.36. The number of nitrogens with one attached hydrogen (secondary N) is 1. The molecule has 0 aliphatic rings. The van der Waals surface area contributed by atoms with Crippen molar-refractivity contribution in [2.24, 2.45) is 0 Å². The molecule has 0 aliphatic heterocycles. The highest BCUT2D eigenvalue weighted by atomic mass is 32.2. The van der Waals surface area contributed by atoms with Gasteiger partial charge in [0.15, 0.2) is 0 Å². The molecule has 8 heteroatoms. The Kier molecular flexibility index (Phi) is 6.47. The SMILES string of the molecule is Cc1ncsc1CN(Cc1ccccc1)C(=O)CCNS(C)(=O)=O. The zero-order valence-electron chi connectivity index (χ0n) is 13.7. The molecule has 0 spiro atoms. The lowest BCUT2D eigenvalue weighted by Gasteiger charge is -2.22. The Hall–Kier alpha value is -1.77. The van der Waals surface area contributed by atoms with Crippen LogP contribution in [0.3, 0.4) is 0 Å². The predicted molar refractivity (Wildman–Crippen MR) is 95.0 cm³/mol. The van der Waals surface area contributed by atoms with E-state index in [4.69, 9.17) is 0 Å². The summed E-state index contributed by atoms with van der Waals surface area (Å²) >= 11 is 1.52. The summed E-state index contributed by atoms with van der Waals surface area (Å²) < 4.78 is 24.6. The molecule has 0 fully saturated rings. The minimum atomic E-state index is -3.29. The van der Waals surface area contributed by atoms with Crippen LogP contribution in [0.25, 0.3) is 0 Å². The molecule has 6 nitrogen and oxygen atoms in total. The highest BCUT2D eigenvalue weighted by Crippen LogP contribution is 2.17. The predicted octanol–water partition coefficient (Wildman–Crippen LogP) is 1.92. The quantitative estimate of drug-likeness (QED) is 0.773. The molecule has 0 saturated heterocycles. The van der Waals surface area contributed by atoms with Crippen LogP contribution in [0.4, 0.5) is 0 Å². The van der Waals surface area contributed by atoms with Crippen LogP contribution < -0.4 is 4.72 Å². The van der Waals surface area contributed by atoms with Crippen molar-refractivity contribution in [1.29, 1.82) is 0 Å². The van der Waals surface area contributed by atoms with Crippen molar-refractivity contribution in [2.75, 3.05) is 12.8 Å². The molecule has 0 saturated carbocycles. The van der Waals surface area contributed by atoms with Gasteiger partial charge in [-0.2, -0.15) is 0 Å². The lowest BCUT2D eigenvalue weighted by atomic mass is 10.2. The number of aryl methyl sites for hydroxylation is 1. The molecular weight excluding hydrogens is 346 g/mol. The maximum absolute atomic E-state index is 12.5. The summed E-state index contributed by atoms with van der Waals surface area (Å²) in [5, 5.41) is 0. The van der Waals surface area contributed by atoms with Gasteiger partial charge in [-0.3, -0.25) is 4.79 Å². The number of amides is 1. The fourth-order valence-corrected chi connectivity index (χ4v) is 3.45. The third-order valence-electron chi connectivity index (χ3n) is 3.45. The van der Waals surface area contributed by atoms with Gasteiger partial charge in [-0.05, 0) is 12.5 Å². The standard InChI is InChI=1S/C16H21N3O3S2/c1-13-15(23-12-17-13)11-19(10-14-6-4-3-5-7-14)16(20)8-9-18-24(2,21)22/h3-7,12,18H,8-11H2,1-2H3. The van der Waals surface area contributed by atoms with Crippen molar-refractivity contribution in [3.05, 3.63) is 52.0 Å². The summed E-state index contributed by atoms with van der Waals surface area (Å²) in [5.74, 6) is -0.0946. The largest absolute Gasteiger partial charge is 0.333 e. The van der Waals surface area contributed by atoms with E-state index in [1.54, 1.807) is 10.4 Å². The van der Waals surface area contributed by atoms with E-state index in [0.717, 1.165) is 22.4 Å². The van der Waals surface area contributed by atoms with Crippen LogP contribution in [0.5, 0.6) is 0 Å². The molecule has 2 rings (SSSR count). The third-order valence-corrected chi connectivity index (χ3v) is 5.10. The number of benzene rings is 1. The number of thiazole rings is 1. The molecule has 1 aromatic heterocycles. The van der Waals surface area contributed by atoms with Crippen molar-refractivity contribution in [3.8, 4) is 0 Å². The van der Waals surface area contributed by atoms with Gasteiger partial charge < -0.3 is 4.90 Å². The number of carbonyl (C=O) groups is 1. The molecule has 1 aromatic carbocycles. The van der Waals surface area contributed by atoms with Gasteiger partial charge in [0.25, 0.3) is 0 Å². The van der Waals surface area contributed by atoms with Gasteiger partial charge in [-0.25, -0.2) is 18.1 Å². The molecule has 1 amide bonds. The Labute approximate surface area is 146 Å². The summed E-state index contributed by atoms with van der Waals surface area (Å²) in [6, 6.07) is 9.73. The summed E-state index contributed by atoms with van der Waals surface area (Å²) in [7, 11) is -3.29. The van der Waals surface area contributed by atoms with Gasteiger partial charge in [0.1, 0.15) is 0 Å². The molecule has 0 aliphatic carbocycles. The highest BCUT2D eigenvalue weighted by Gasteiger charge is 2.17. The Morgan fingerprint density at radius 1 is 1.25 bits per heavy atom. The number of rotatable bonds is 8. The first-order chi connectivity index (χ1) is 11.3. The van der Waals surface area contributed by atoms with Crippen LogP contribution in [0.1, 0.15) is 22.6 Å². The van der Waals surface area contributed by atoms with Crippen LogP contribution in [-0.4, -0.2) is 37.0 Å². The van der Waals surface area contributed by atoms with Crippen molar-refractivity contribution < 1.29 is 13.2 Å². The van der Waals surface area contributed by atoms with Crippen molar-refractivity contribution >= 4 is 27.3 Å². The van der Waals surface area contributed by atoms with Gasteiger partial charge in [0.05, 0.1) is 24.0 Å². The normalized spacial score (nSPS) is 11.4. The van der Waals surface area contributed by atoms with Crippen molar-refractivity contribution in [1.82, 2.24) is 14.6 Å². The van der Waals surface area contributed by atoms with E-state index in [2.05, 4.69) is 9.71 Å². The van der Waals surface area contributed by atoms with Crippen LogP contribution in [0, 0.1) is 6.92 Å². The van der Waals surface area contributed by atoms with E-state index in [9.17, 15) is 13.2 Å². The molecule has 1 N–H and O–H groups in total. The lowest BCUT2D eigenvalue weighted by Crippen LogP contribution is -2.33. The molecule has 24 heavy (non-hydrogen) atoms. The van der Waals surface area contributed by atoms with Gasteiger partial charge in [0, 0.05) is 24.4 Å². The fourth-order valence-electron chi connectivity index (χ4n) is 2.19. The van der Waals surface area contributed by atoms with Gasteiger partial charge in [0.2, 0.25) is 15.9 Å². The summed E-state index contributed by atoms with van der Waals surface area (Å²) in [5.41, 5.74) is 3.71. The Balaban J connectivity index is 2.06. The average Bonchev–Trinajstić information content (AvgIpc) is 2.91. The Morgan fingerprint density at radius 3 is 2.54 bits per heavy atom. The maximum atomic E-state index is 12.5. The van der Waals surface area contributed by atoms with E-state index in [1.165, 1.54) is 11.3 Å². The zero-order chi connectivity index (χ0) is 17.6. The maximum Gasteiger partial charge on any atom is 0.224 e. The van der Waals surface area contributed by atoms with E-state index in [-0.39, 0.29) is 18.9 Å². The molecule has 0 bridgehead atoms. The van der Waals surface area contributed by atoms with Crippen LogP contribution in [-0.2, 0) is 27.9 Å². The van der Waals surface area contributed by atoms with Gasteiger partial charge in [-0.1, -0.05) is 30.3 Å². The second-order valence-corrected chi connectivity index (χ2v) is 8.29. The summed E-state index contributed by atoms with van der Waals surface area (Å²) in [6.07, 6.45) is 1.21. The number of sulfonamides is 1. The Morgan fingerprint density at radius 2 is 1.96 bits per heavy atom. The fraction of sp³-hybridized carbons (Fsp3) is 0.375. The van der Waals surface area contributed by atoms with Gasteiger partial charge >= 0.3 is 0 Å². The van der Waals surface area contributed by atoms with E-state index >= 15 is 0 Å². The Bertz CT molecular complexity index is 773. The van der Waals surface area contributed by atoms with Crippen LogP contribution >= 0.6 is 11.3 Å². The molecule has 0 unspecified atom stereocenters. The zero-order valence-corrected chi connectivity index (χ0v) is 15.4. The minimum Gasteiger partial charge on any atom is -0.333 e. The molecule has 2 aromatic rings. The van der Waals surface area contributed by atoms with Crippen molar-refractivity contribution in [3.63, 3.8) is 0 Å². The monoisotopic (exact) mass is 367 g/mol. The first-order valence-corrected chi connectivity index (χ1v) is 10.3. The van der Waals surface area contributed by atoms with E-state index in [0.29, 0.717) is 13.1 Å². The molecular formula is C16H21N3O3S2. The smallest absolute Gasteiger partial charge is 0.224 e. The topological polar surface area (TPSA) is 79.4 Å². The second-order valence-electron chi connectivity index (χ2n) is 5.51. The molecule has 0 atom stereocenters. The average molecular weight is 367 g/mol. The molecule has 0 radical (unpaired) electrons. The molecule has 1 heterocycles. The van der Waals surface area contributed by atoms with E-state index in [1.807, 2.05) is 37.3 Å². The minimum absolute atomic E-state index is 0.0946. The van der Waals surface area contributed by atoms with Crippen molar-refractivity contribution in [2.45, 2.75) is 26.4 Å². The highest BCUT2D eigenvalue weighted by molar-refractivity contribution is 7.88. The third kappa shape index (κ3) is 6.03. The van der Waals surface area contributed by atoms with Crippen LogP contribution in [0.15, 0.2) is 35.8 Å². The number of nitrogens with zero attached hydrogens (tertiary/aromatic N) is 2. The molecule has 130 valence electrons. The first-order valence-electron chi connectivity index (χ1n) is 7.50.